The van der Waals surface area contributed by atoms with Gasteiger partial charge < -0.3 is 38.9 Å². The molecule has 0 aliphatic carbocycles. The van der Waals surface area contributed by atoms with Gasteiger partial charge in [0, 0.05) is 16.7 Å². The van der Waals surface area contributed by atoms with Gasteiger partial charge >= 0.3 is 35.8 Å². The fourth-order valence-corrected chi connectivity index (χ4v) is 12.1. The highest BCUT2D eigenvalue weighted by molar-refractivity contribution is 5.94. The second-order valence-electron chi connectivity index (χ2n) is 24.2. The van der Waals surface area contributed by atoms with Gasteiger partial charge in [-0.25, -0.2) is 28.8 Å². The molecule has 0 radical (unpaired) electrons. The molecule has 0 saturated carbocycles. The fourth-order valence-electron chi connectivity index (χ4n) is 12.1. The molecule has 3 N–H and O–H groups in total. The van der Waals surface area contributed by atoms with Gasteiger partial charge in [0.15, 0.2) is 5.60 Å². The number of carbonyl (C=O) groups excluding carboxylic acids is 7. The first-order chi connectivity index (χ1) is 51.3. The molecule has 1 amide bonds. The van der Waals surface area contributed by atoms with Gasteiger partial charge in [0.25, 0.3) is 0 Å². The van der Waals surface area contributed by atoms with Gasteiger partial charge in [-0.1, -0.05) is 194 Å². The van der Waals surface area contributed by atoms with Crippen molar-refractivity contribution in [2.45, 2.75) is 23.6 Å². The summed E-state index contributed by atoms with van der Waals surface area (Å²) in [7, 11) is 0. The first-order valence-electron chi connectivity index (χ1n) is 33.4. The van der Waals surface area contributed by atoms with Gasteiger partial charge in [0.05, 0.1) is 45.0 Å². The Morgan fingerprint density at radius 2 is 0.457 bits per heavy atom. The summed E-state index contributed by atoms with van der Waals surface area (Å²) in [6, 6.07) is 98.1. The average Bonchev–Trinajstić information content (AvgIpc) is 0.751. The summed E-state index contributed by atoms with van der Waals surface area (Å²) in [6.45, 7) is 0. The van der Waals surface area contributed by atoms with Crippen LogP contribution in [0.15, 0.2) is 352 Å². The van der Waals surface area contributed by atoms with Crippen LogP contribution < -0.4 is 44.2 Å². The summed E-state index contributed by atoms with van der Waals surface area (Å²) >= 11 is 0. The number of rotatable bonds is 25. The van der Waals surface area contributed by atoms with Crippen molar-refractivity contribution in [2.75, 3.05) is 0 Å². The largest absolute Gasteiger partial charge is 0.473 e. The topological polar surface area (TPSA) is 222 Å². The van der Waals surface area contributed by atoms with Crippen LogP contribution in [0.2, 0.25) is 0 Å². The van der Waals surface area contributed by atoms with Crippen LogP contribution in [-0.2, 0) is 22.4 Å². The summed E-state index contributed by atoms with van der Waals surface area (Å²) in [5.41, 5.74) is 9.28. The lowest BCUT2D eigenvalue weighted by Crippen LogP contribution is -2.55. The van der Waals surface area contributed by atoms with Crippen LogP contribution in [0.1, 0.15) is 101 Å². The molecule has 13 aromatic rings. The van der Waals surface area contributed by atoms with Crippen molar-refractivity contribution in [1.29, 1.82) is 0 Å². The molecule has 0 spiro atoms. The minimum absolute atomic E-state index is 0.0235. The van der Waals surface area contributed by atoms with Crippen molar-refractivity contribution >= 4 is 41.7 Å². The maximum atomic E-state index is 14.5. The smallest absolute Gasteiger partial charge is 0.343 e. The van der Waals surface area contributed by atoms with Crippen LogP contribution in [-0.4, -0.2) is 47.8 Å². The van der Waals surface area contributed by atoms with E-state index in [9.17, 15) is 33.6 Å². The highest BCUT2D eigenvalue weighted by Crippen LogP contribution is 2.45. The lowest BCUT2D eigenvalue weighted by Gasteiger charge is -2.40. The van der Waals surface area contributed by atoms with E-state index in [1.807, 2.05) is 0 Å². The molecule has 1 atom stereocenters. The first-order valence-corrected chi connectivity index (χ1v) is 33.4. The Balaban J connectivity index is 0.886. The van der Waals surface area contributed by atoms with Crippen molar-refractivity contribution in [1.82, 2.24) is 5.32 Å². The Morgan fingerprint density at radius 1 is 0.257 bits per heavy atom. The molecule has 105 heavy (non-hydrogen) atoms. The van der Waals surface area contributed by atoms with Crippen LogP contribution in [0.5, 0.6) is 40.2 Å². The van der Waals surface area contributed by atoms with E-state index in [4.69, 9.17) is 38.9 Å². The minimum atomic E-state index is -1.61. The molecular weight excluding hydrogens is 1320 g/mol. The Labute approximate surface area is 604 Å². The van der Waals surface area contributed by atoms with Gasteiger partial charge in [-0.3, -0.25) is 10.1 Å². The molecule has 0 saturated heterocycles. The van der Waals surface area contributed by atoms with Crippen LogP contribution in [0.3, 0.4) is 0 Å². The highest BCUT2D eigenvalue weighted by atomic mass is 16.6. The molecule has 16 nitrogen and oxygen atoms in total. The van der Waals surface area contributed by atoms with Crippen molar-refractivity contribution < 1.29 is 66.7 Å². The summed E-state index contributed by atoms with van der Waals surface area (Å²) in [6.07, 6.45) is -0.0235. The van der Waals surface area contributed by atoms with E-state index in [1.165, 1.54) is 0 Å². The minimum Gasteiger partial charge on any atom is -0.473 e. The molecule has 0 aliphatic rings. The summed E-state index contributed by atoms with van der Waals surface area (Å²) < 4.78 is 42.7. The van der Waals surface area contributed by atoms with Crippen molar-refractivity contribution in [2.24, 2.45) is 5.73 Å². The zero-order valence-electron chi connectivity index (χ0n) is 56.1. The maximum Gasteiger partial charge on any atom is 0.343 e. The fraction of sp³-hybridized carbons (Fsp3) is 0.0449. The number of esters is 6. The Morgan fingerprint density at radius 3 is 0.667 bits per heavy atom. The summed E-state index contributed by atoms with van der Waals surface area (Å²) in [5.74, 6) is -2.52. The molecule has 0 fully saturated rings. The van der Waals surface area contributed by atoms with Gasteiger partial charge in [-0.15, -0.1) is 0 Å². The predicted molar refractivity (Wildman–Crippen MR) is 394 cm³/mol. The van der Waals surface area contributed by atoms with Crippen LogP contribution in [0, 0.1) is 0 Å². The van der Waals surface area contributed by atoms with Crippen LogP contribution in [0.25, 0.3) is 0 Å². The highest BCUT2D eigenvalue weighted by Gasteiger charge is 2.42. The molecule has 0 aliphatic heterocycles. The van der Waals surface area contributed by atoms with Crippen molar-refractivity contribution in [3.8, 4) is 40.2 Å². The molecule has 0 aromatic heterocycles. The quantitative estimate of drug-likeness (QED) is 0.0308. The van der Waals surface area contributed by atoms with Gasteiger partial charge in [-0.05, 0) is 186 Å². The third-order valence-corrected chi connectivity index (χ3v) is 17.3. The second-order valence-corrected chi connectivity index (χ2v) is 24.2. The van der Waals surface area contributed by atoms with E-state index in [1.54, 1.807) is 352 Å². The first kappa shape index (κ1) is 69.4. The van der Waals surface area contributed by atoms with E-state index < -0.39 is 58.9 Å². The molecule has 0 bridgehead atoms. The van der Waals surface area contributed by atoms with E-state index >= 15 is 0 Å². The van der Waals surface area contributed by atoms with E-state index in [2.05, 4.69) is 5.32 Å². The van der Waals surface area contributed by atoms with E-state index in [0.29, 0.717) is 78.1 Å². The number of primary amides is 1. The number of hydrogen-bond donors (Lipinski definition) is 2. The second kappa shape index (κ2) is 32.1. The van der Waals surface area contributed by atoms with E-state index in [-0.39, 0.29) is 40.9 Å². The normalized spacial score (nSPS) is 11.4. The average molecular weight is 1390 g/mol. The van der Waals surface area contributed by atoms with E-state index in [0.717, 1.165) is 0 Å². The standard InChI is InChI=1S/C89H64N2O14/c90-81(92)80(91-88(67-33-47-73(48-34-67)99-82(93)61-19-7-1-8-20-61,68-35-49-74(50-36-68)100-83(94)62-21-9-2-10-22-62)69-37-51-75(52-38-69)101-84(95)63-23-11-3-12-24-63)59-60-31-45-79(46-32-60)105-89(70-39-53-76(54-40-70)102-85(96)64-25-13-4-14-26-64,71-41-55-77(56-42-71)103-86(97)65-27-15-5-16-28-65)72-43-57-78(58-44-72)104-87(98)66-29-17-6-18-30-66/h1-58,80,91H,59H2,(H2,90,92)/t80-/m1/s1. The number of nitrogens with one attached hydrogen (secondary N) is 1. The molecule has 13 rings (SSSR count). The Bertz CT molecular complexity index is 4710. The lowest BCUT2D eigenvalue weighted by atomic mass is 9.76. The third-order valence-electron chi connectivity index (χ3n) is 17.3. The molecular formula is C89H64N2O14. The SMILES string of the molecule is NC(=O)[C@@H](Cc1ccc(OC(c2ccc(OC(=O)c3ccccc3)cc2)(c2ccc(OC(=O)c3ccccc3)cc2)c2ccc(OC(=O)c3ccccc3)cc2)cc1)NC(c1ccc(OC(=O)c2ccccc2)cc1)(c1ccc(OC(=O)c2ccccc2)cc1)c1ccc(OC(=O)c2ccccc2)cc1. The number of amides is 1. The van der Waals surface area contributed by atoms with Gasteiger partial charge in [0.2, 0.25) is 5.91 Å². The van der Waals surface area contributed by atoms with Gasteiger partial charge in [-0.2, -0.15) is 0 Å². The Kier molecular flexibility index (Phi) is 21.2. The molecule has 13 aromatic carbocycles. The zero-order valence-corrected chi connectivity index (χ0v) is 56.1. The van der Waals surface area contributed by atoms with Crippen LogP contribution >= 0.6 is 0 Å². The predicted octanol–water partition coefficient (Wildman–Crippen LogP) is 16.4. The monoisotopic (exact) mass is 1380 g/mol. The number of carbonyl (C=O) groups is 7. The van der Waals surface area contributed by atoms with Crippen molar-refractivity contribution in [3.05, 3.63) is 424 Å². The Hall–Kier alpha value is -14.1. The maximum absolute atomic E-state index is 14.5. The van der Waals surface area contributed by atoms with Crippen molar-refractivity contribution in [3.63, 3.8) is 0 Å². The summed E-state index contributed by atoms with van der Waals surface area (Å²) in [4.78, 5) is 95.1. The number of nitrogens with two attached hydrogens (primary N) is 1. The molecule has 514 valence electrons. The van der Waals surface area contributed by atoms with Crippen LogP contribution in [0.4, 0.5) is 0 Å². The molecule has 16 heteroatoms. The molecule has 0 heterocycles. The summed E-state index contributed by atoms with van der Waals surface area (Å²) in [5, 5.41) is 3.69. The lowest BCUT2D eigenvalue weighted by molar-refractivity contribution is -0.120. The zero-order chi connectivity index (χ0) is 72.5. The number of benzene rings is 13. The number of hydrogen-bond acceptors (Lipinski definition) is 15. The third kappa shape index (κ3) is 16.4. The van der Waals surface area contributed by atoms with Gasteiger partial charge in [0.1, 0.15) is 40.2 Å². The number of ether oxygens (including phenoxy) is 7. The molecule has 0 unspecified atom stereocenters.